The molecule has 0 saturated carbocycles. The van der Waals surface area contributed by atoms with Gasteiger partial charge in [-0.1, -0.05) is 39.8 Å². The molecule has 63 heavy (non-hydrogen) atoms. The molecular formula is C49H65N7O7. The number of carbonyl (C=O) groups excluding carboxylic acids is 4. The van der Waals surface area contributed by atoms with E-state index in [0.717, 1.165) is 63.9 Å². The van der Waals surface area contributed by atoms with E-state index in [1.165, 1.54) is 9.91 Å². The minimum Gasteiger partial charge on any atom is -0.508 e. The molecule has 7 rings (SSSR count). The molecule has 4 aromatic rings. The number of hydrazine groups is 1. The van der Waals surface area contributed by atoms with Crippen LogP contribution in [-0.4, -0.2) is 107 Å². The molecule has 5 heterocycles. The Balaban J connectivity index is 1.34. The molecule has 2 fully saturated rings. The number of fused-ring (bicyclic) bond motifs is 6. The number of hydrogen-bond acceptors (Lipinski definition) is 10. The van der Waals surface area contributed by atoms with Crippen LogP contribution in [0.15, 0.2) is 54.7 Å². The molecular weight excluding hydrogens is 799 g/mol. The highest BCUT2D eigenvalue weighted by Crippen LogP contribution is 2.42. The van der Waals surface area contributed by atoms with Crippen molar-refractivity contribution in [1.29, 1.82) is 0 Å². The van der Waals surface area contributed by atoms with Crippen molar-refractivity contribution in [1.82, 2.24) is 35.5 Å². The number of nitrogens with zero attached hydrogens (tertiary/aromatic N) is 4. The van der Waals surface area contributed by atoms with E-state index in [-0.39, 0.29) is 42.6 Å². The Morgan fingerprint density at radius 1 is 1.08 bits per heavy atom. The number of benzene rings is 2. The molecule has 0 radical (unpaired) electrons. The summed E-state index contributed by atoms with van der Waals surface area (Å²) in [6, 6.07) is 12.9. The van der Waals surface area contributed by atoms with Crippen LogP contribution in [0.5, 0.6) is 5.75 Å². The lowest BCUT2D eigenvalue weighted by atomic mass is 9.84. The second-order valence-electron chi connectivity index (χ2n) is 18.7. The monoisotopic (exact) mass is 863 g/mol. The zero-order valence-electron chi connectivity index (χ0n) is 38.1. The molecule has 0 aliphatic carbocycles. The number of amides is 3. The predicted octanol–water partition coefficient (Wildman–Crippen LogP) is 5.93. The average molecular weight is 864 g/mol. The van der Waals surface area contributed by atoms with Crippen molar-refractivity contribution in [2.75, 3.05) is 40.4 Å². The third-order valence-electron chi connectivity index (χ3n) is 13.0. The van der Waals surface area contributed by atoms with Crippen LogP contribution in [0.4, 0.5) is 0 Å². The van der Waals surface area contributed by atoms with Gasteiger partial charge in [0.2, 0.25) is 11.8 Å². The molecule has 2 aromatic carbocycles. The fraction of sp³-hybridized carbons (Fsp3) is 0.531. The maximum atomic E-state index is 14.7. The number of nitrogens with one attached hydrogen (secondary N) is 3. The Labute approximate surface area is 371 Å². The normalized spacial score (nSPS) is 21.7. The minimum absolute atomic E-state index is 0.0154. The number of esters is 1. The molecule has 338 valence electrons. The van der Waals surface area contributed by atoms with Crippen LogP contribution in [0.1, 0.15) is 90.2 Å². The van der Waals surface area contributed by atoms with Gasteiger partial charge < -0.3 is 34.7 Å². The van der Waals surface area contributed by atoms with Crippen LogP contribution in [0.3, 0.4) is 0 Å². The van der Waals surface area contributed by atoms with Gasteiger partial charge in [-0.2, -0.15) is 0 Å². The summed E-state index contributed by atoms with van der Waals surface area (Å²) >= 11 is 0. The lowest BCUT2D eigenvalue weighted by Crippen LogP contribution is -2.62. The summed E-state index contributed by atoms with van der Waals surface area (Å²) in [6.07, 6.45) is 4.73. The zero-order chi connectivity index (χ0) is 45.2. The van der Waals surface area contributed by atoms with Gasteiger partial charge in [0, 0.05) is 68.3 Å². The second kappa shape index (κ2) is 19.2. The van der Waals surface area contributed by atoms with Crippen molar-refractivity contribution < 1.29 is 33.8 Å². The number of aromatic hydroxyl groups is 1. The van der Waals surface area contributed by atoms with Crippen LogP contribution >= 0.6 is 0 Å². The van der Waals surface area contributed by atoms with E-state index < -0.39 is 41.3 Å². The average Bonchev–Trinajstić information content (AvgIpc) is 3.58. The van der Waals surface area contributed by atoms with E-state index in [9.17, 15) is 24.3 Å². The molecule has 3 amide bonds. The number of pyridine rings is 1. The van der Waals surface area contributed by atoms with E-state index >= 15 is 0 Å². The topological polar surface area (TPSA) is 167 Å². The molecule has 2 aromatic heterocycles. The molecule has 0 unspecified atom stereocenters. The number of carbonyl (C=O) groups is 4. The highest BCUT2D eigenvalue weighted by Gasteiger charge is 2.39. The molecule has 3 aliphatic rings. The molecule has 5 atom stereocenters. The van der Waals surface area contributed by atoms with Crippen molar-refractivity contribution in [3.05, 3.63) is 71.5 Å². The molecule has 14 nitrogen and oxygen atoms in total. The number of hydrogen-bond donors (Lipinski definition) is 4. The summed E-state index contributed by atoms with van der Waals surface area (Å²) in [5, 5.41) is 20.1. The van der Waals surface area contributed by atoms with Gasteiger partial charge >= 0.3 is 5.97 Å². The van der Waals surface area contributed by atoms with E-state index in [1.807, 2.05) is 39.0 Å². The zero-order valence-corrected chi connectivity index (χ0v) is 38.1. The van der Waals surface area contributed by atoms with Gasteiger partial charge in [-0.05, 0) is 117 Å². The van der Waals surface area contributed by atoms with Crippen LogP contribution in [-0.2, 0) is 48.0 Å². The second-order valence-corrected chi connectivity index (χ2v) is 18.7. The minimum atomic E-state index is -1.10. The van der Waals surface area contributed by atoms with Crippen molar-refractivity contribution in [2.45, 2.75) is 111 Å². The highest BCUT2D eigenvalue weighted by molar-refractivity contribution is 5.96. The number of methoxy groups -OCH3 is 1. The summed E-state index contributed by atoms with van der Waals surface area (Å²) in [6.45, 7) is 14.6. The smallest absolute Gasteiger partial charge is 0.324 e. The quantitative estimate of drug-likeness (QED) is 0.148. The predicted molar refractivity (Wildman–Crippen MR) is 242 cm³/mol. The molecule has 4 N–H and O–H groups in total. The first kappa shape index (κ1) is 45.7. The number of piperidine rings is 1. The van der Waals surface area contributed by atoms with E-state index in [2.05, 4.69) is 59.6 Å². The Hall–Kier alpha value is -5.31. The Morgan fingerprint density at radius 3 is 2.59 bits per heavy atom. The number of rotatable bonds is 9. The molecule has 14 heteroatoms. The van der Waals surface area contributed by atoms with Crippen LogP contribution in [0.25, 0.3) is 33.3 Å². The largest absolute Gasteiger partial charge is 0.508 e. The molecule has 6 bridgehead atoms. The summed E-state index contributed by atoms with van der Waals surface area (Å²) in [4.78, 5) is 63.0. The van der Waals surface area contributed by atoms with Crippen LogP contribution in [0, 0.1) is 17.3 Å². The standard InChI is InChI=1S/C49H65N7O7/c1-9-55-41-17-16-32-25-37(41)38(44(55)36-14-11-19-51-42(36)30(4)62-8)26-49(5,6)28-63-48(61)39-15-12-20-56(53-39)47(60)40(23-31-21-34(32)24-35(57)22-31)52-45(58)43(29(2)3)54(7)46(59)33-13-10-18-50-27-33/h11,14,16-17,19,21-22,24-25,29-30,33,39-40,43,50,53,57H,9-10,12-13,15,18,20,23,26-28H2,1-8H3,(H,52,58)/t30-,33-,39-,40-,43-/m0/s1. The third kappa shape index (κ3) is 9.78. The number of phenolic OH excluding ortho intramolecular Hbond substituents is 1. The number of ether oxygens (including phenoxy) is 2. The fourth-order valence-corrected chi connectivity index (χ4v) is 9.74. The van der Waals surface area contributed by atoms with Crippen molar-refractivity contribution in [2.24, 2.45) is 17.3 Å². The third-order valence-corrected chi connectivity index (χ3v) is 13.0. The SMILES string of the molecule is CCn1c(-c2cccnc2[C@H](C)OC)c2c3cc(ccc31)-c1cc(O)cc(c1)C[C@H](NC(=O)[C@H](C(C)C)N(C)C(=O)[C@H]1CCCNC1)C(=O)N1CCC[C@H](N1)C(=O)OCC(C)(C)C2. The van der Waals surface area contributed by atoms with Crippen LogP contribution < -0.4 is 16.1 Å². The van der Waals surface area contributed by atoms with Gasteiger partial charge in [0.05, 0.1) is 30.0 Å². The van der Waals surface area contributed by atoms with E-state index in [4.69, 9.17) is 14.5 Å². The Kier molecular flexibility index (Phi) is 13.9. The van der Waals surface area contributed by atoms with E-state index in [0.29, 0.717) is 44.5 Å². The number of aryl methyl sites for hydroxylation is 1. The summed E-state index contributed by atoms with van der Waals surface area (Å²) in [5.41, 5.74) is 9.73. The number of likely N-dealkylation sites (N-methyl/N-ethyl adjacent to an activating group) is 1. The lowest BCUT2D eigenvalue weighted by molar-refractivity contribution is -0.155. The van der Waals surface area contributed by atoms with Crippen molar-refractivity contribution in [3.63, 3.8) is 0 Å². The summed E-state index contributed by atoms with van der Waals surface area (Å²) in [5.74, 6) is -1.94. The molecule has 3 aliphatic heterocycles. The first-order chi connectivity index (χ1) is 30.1. The van der Waals surface area contributed by atoms with Gasteiger partial charge in [0.1, 0.15) is 23.9 Å². The number of cyclic esters (lactones) is 1. The molecule has 0 spiro atoms. The summed E-state index contributed by atoms with van der Waals surface area (Å²) in [7, 11) is 3.34. The van der Waals surface area contributed by atoms with Gasteiger partial charge in [-0.3, -0.25) is 29.2 Å². The van der Waals surface area contributed by atoms with Gasteiger partial charge in [-0.25, -0.2) is 5.43 Å². The van der Waals surface area contributed by atoms with Crippen molar-refractivity contribution >= 4 is 34.6 Å². The van der Waals surface area contributed by atoms with Crippen molar-refractivity contribution in [3.8, 4) is 28.1 Å². The molecule has 2 saturated heterocycles. The number of aromatic nitrogens is 2. The number of phenols is 1. The first-order valence-electron chi connectivity index (χ1n) is 22.6. The maximum Gasteiger partial charge on any atom is 0.324 e. The highest BCUT2D eigenvalue weighted by atomic mass is 16.5. The van der Waals surface area contributed by atoms with Gasteiger partial charge in [0.15, 0.2) is 0 Å². The lowest BCUT2D eigenvalue weighted by Gasteiger charge is -2.37. The van der Waals surface area contributed by atoms with E-state index in [1.54, 1.807) is 32.5 Å². The maximum absolute atomic E-state index is 14.7. The Bertz CT molecular complexity index is 2330. The van der Waals surface area contributed by atoms with Gasteiger partial charge in [-0.15, -0.1) is 0 Å². The van der Waals surface area contributed by atoms with Crippen LogP contribution in [0.2, 0.25) is 0 Å². The summed E-state index contributed by atoms with van der Waals surface area (Å²) < 4.78 is 14.2. The fourth-order valence-electron chi connectivity index (χ4n) is 9.74. The first-order valence-corrected chi connectivity index (χ1v) is 22.6. The van der Waals surface area contributed by atoms with Gasteiger partial charge in [0.25, 0.3) is 5.91 Å². The Morgan fingerprint density at radius 2 is 1.87 bits per heavy atom.